The summed E-state index contributed by atoms with van der Waals surface area (Å²) in [6, 6.07) is 2.56. The maximum Gasteiger partial charge on any atom is 0.243 e. The number of hydrogen-bond acceptors (Lipinski definition) is 5. The molecule has 0 aliphatic carbocycles. The molecule has 0 bridgehead atoms. The number of nitrogens with one attached hydrogen (secondary N) is 1. The van der Waals surface area contributed by atoms with Gasteiger partial charge in [-0.15, -0.1) is 22.6 Å². The van der Waals surface area contributed by atoms with Gasteiger partial charge in [-0.2, -0.15) is 4.31 Å². The molecule has 2 aliphatic heterocycles. The number of sulfonamides is 1. The molecule has 1 aromatic heterocycles. The lowest BCUT2D eigenvalue weighted by Gasteiger charge is -2.32. The Hall–Kier alpha value is -1.55. The monoisotopic (exact) mass is 429 g/mol. The minimum absolute atomic E-state index is 0. The van der Waals surface area contributed by atoms with Crippen molar-refractivity contribution < 1.29 is 12.8 Å². The minimum Gasteiger partial charge on any atom is -0.312 e. The van der Waals surface area contributed by atoms with Crippen molar-refractivity contribution in [2.45, 2.75) is 50.6 Å². The summed E-state index contributed by atoms with van der Waals surface area (Å²) in [5.74, 6) is 1.72. The second kappa shape index (κ2) is 8.06. The molecule has 0 radical (unpaired) electrons. The van der Waals surface area contributed by atoms with Crippen LogP contribution in [0.5, 0.6) is 0 Å². The highest BCUT2D eigenvalue weighted by Gasteiger charge is 2.34. The molecule has 0 amide bonds. The van der Waals surface area contributed by atoms with Gasteiger partial charge in [0.1, 0.15) is 17.5 Å². The zero-order valence-corrected chi connectivity index (χ0v) is 17.6. The molecule has 1 saturated heterocycles. The lowest BCUT2D eigenvalue weighted by molar-refractivity contribution is 0.307. The molecule has 4 rings (SSSR count). The molecule has 0 unspecified atom stereocenters. The normalized spacial score (nSPS) is 18.5. The molecule has 1 aromatic carbocycles. The summed E-state index contributed by atoms with van der Waals surface area (Å²) in [6.07, 6.45) is 1.42. The van der Waals surface area contributed by atoms with E-state index in [9.17, 15) is 12.8 Å². The van der Waals surface area contributed by atoms with E-state index in [0.29, 0.717) is 37.1 Å². The van der Waals surface area contributed by atoms with Crippen LogP contribution in [0.2, 0.25) is 0 Å². The largest absolute Gasteiger partial charge is 0.312 e. The van der Waals surface area contributed by atoms with Gasteiger partial charge in [0, 0.05) is 32.1 Å². The van der Waals surface area contributed by atoms with Crippen LogP contribution in [0.25, 0.3) is 0 Å². The number of fused-ring (bicyclic) bond motifs is 1. The van der Waals surface area contributed by atoms with E-state index in [0.717, 1.165) is 31.3 Å². The summed E-state index contributed by atoms with van der Waals surface area (Å²) in [5.41, 5.74) is 0.905. The molecule has 7 nitrogen and oxygen atoms in total. The Bertz CT molecular complexity index is 947. The third-order valence-electron chi connectivity index (χ3n) is 5.49. The first kappa shape index (κ1) is 21.2. The van der Waals surface area contributed by atoms with Gasteiger partial charge in [-0.1, -0.05) is 0 Å². The number of hydrogen-bond donors (Lipinski definition) is 1. The van der Waals surface area contributed by atoms with E-state index >= 15 is 0 Å². The van der Waals surface area contributed by atoms with Crippen molar-refractivity contribution in [3.8, 4) is 0 Å². The summed E-state index contributed by atoms with van der Waals surface area (Å²) in [4.78, 5) is 0.230. The van der Waals surface area contributed by atoms with E-state index in [-0.39, 0.29) is 23.2 Å². The molecule has 0 spiro atoms. The van der Waals surface area contributed by atoms with Crippen molar-refractivity contribution in [3.05, 3.63) is 40.7 Å². The third-order valence-corrected chi connectivity index (χ3v) is 7.70. The summed E-state index contributed by atoms with van der Waals surface area (Å²) in [6.45, 7) is 6.63. The average molecular weight is 430 g/mol. The Labute approximate surface area is 170 Å². The second-order valence-corrected chi connectivity index (χ2v) is 9.22. The van der Waals surface area contributed by atoms with Crippen LogP contribution in [-0.4, -0.2) is 47.1 Å². The van der Waals surface area contributed by atoms with Crippen molar-refractivity contribution in [3.63, 3.8) is 0 Å². The Kier molecular flexibility index (Phi) is 6.09. The van der Waals surface area contributed by atoms with Crippen molar-refractivity contribution in [2.24, 2.45) is 0 Å². The molecule has 154 valence electrons. The molecule has 1 fully saturated rings. The Morgan fingerprint density at radius 2 is 1.75 bits per heavy atom. The van der Waals surface area contributed by atoms with Gasteiger partial charge < -0.3 is 9.88 Å². The van der Waals surface area contributed by atoms with Gasteiger partial charge in [-0.3, -0.25) is 0 Å². The maximum atomic E-state index is 13.6. The summed E-state index contributed by atoms with van der Waals surface area (Å²) in [5, 5.41) is 11.9. The third kappa shape index (κ3) is 3.68. The van der Waals surface area contributed by atoms with Gasteiger partial charge in [-0.05, 0) is 49.9 Å². The Balaban J connectivity index is 0.00000225. The number of benzene rings is 1. The van der Waals surface area contributed by atoms with E-state index in [1.165, 1.54) is 16.4 Å². The fourth-order valence-corrected chi connectivity index (χ4v) is 6.09. The number of piperidine rings is 1. The fraction of sp³-hybridized carbons (Fsp3) is 0.556. The summed E-state index contributed by atoms with van der Waals surface area (Å²) >= 11 is 0. The minimum atomic E-state index is -3.64. The van der Waals surface area contributed by atoms with E-state index in [2.05, 4.69) is 20.1 Å². The lowest BCUT2D eigenvalue weighted by Crippen LogP contribution is -2.39. The highest BCUT2D eigenvalue weighted by atomic mass is 35.5. The summed E-state index contributed by atoms with van der Waals surface area (Å²) < 4.78 is 43.5. The van der Waals surface area contributed by atoms with Crippen LogP contribution in [0, 0.1) is 19.7 Å². The smallest absolute Gasteiger partial charge is 0.243 e. The lowest BCUT2D eigenvalue weighted by atomic mass is 9.97. The predicted molar refractivity (Wildman–Crippen MR) is 106 cm³/mol. The van der Waals surface area contributed by atoms with Crippen LogP contribution >= 0.6 is 12.4 Å². The van der Waals surface area contributed by atoms with Crippen LogP contribution in [0.4, 0.5) is 4.39 Å². The van der Waals surface area contributed by atoms with Gasteiger partial charge >= 0.3 is 0 Å². The molecule has 10 heteroatoms. The number of aromatic nitrogens is 3. The van der Waals surface area contributed by atoms with Gasteiger partial charge in [0.05, 0.1) is 11.4 Å². The molecular weight excluding hydrogens is 405 g/mol. The standard InChI is InChI=1S/C18H24FN5O2S.ClH/c1-12-9-15(19)10-13(2)17(12)27(25,26)23-6-3-14(4-7-23)18-22-21-16-11-20-5-8-24(16)18;/h9-10,14,20H,3-8,11H2,1-2H3;1H. The average Bonchev–Trinajstić information content (AvgIpc) is 3.05. The predicted octanol–water partition coefficient (Wildman–Crippen LogP) is 2.13. The number of halogens is 2. The van der Waals surface area contributed by atoms with Crippen molar-refractivity contribution >= 4 is 22.4 Å². The zero-order valence-electron chi connectivity index (χ0n) is 16.0. The first-order valence-corrected chi connectivity index (χ1v) is 10.7. The number of aryl methyl sites for hydroxylation is 2. The van der Waals surface area contributed by atoms with Crippen molar-refractivity contribution in [2.75, 3.05) is 19.6 Å². The molecular formula is C18H25ClFN5O2S. The SMILES string of the molecule is Cc1cc(F)cc(C)c1S(=O)(=O)N1CCC(c2nnc3n2CCNC3)CC1.Cl. The fourth-order valence-electron chi connectivity index (χ4n) is 4.20. The molecule has 28 heavy (non-hydrogen) atoms. The van der Waals surface area contributed by atoms with Crippen LogP contribution in [0.15, 0.2) is 17.0 Å². The topological polar surface area (TPSA) is 80.1 Å². The first-order chi connectivity index (χ1) is 12.9. The molecule has 3 heterocycles. The summed E-state index contributed by atoms with van der Waals surface area (Å²) in [7, 11) is -3.64. The molecule has 1 N–H and O–H groups in total. The van der Waals surface area contributed by atoms with Gasteiger partial charge in [0.25, 0.3) is 0 Å². The van der Waals surface area contributed by atoms with Crippen LogP contribution in [-0.2, 0) is 23.1 Å². The van der Waals surface area contributed by atoms with Gasteiger partial charge in [-0.25, -0.2) is 12.8 Å². The van der Waals surface area contributed by atoms with E-state index in [1.807, 2.05) is 0 Å². The quantitative estimate of drug-likeness (QED) is 0.808. The highest BCUT2D eigenvalue weighted by molar-refractivity contribution is 7.89. The number of rotatable bonds is 3. The van der Waals surface area contributed by atoms with E-state index in [4.69, 9.17) is 0 Å². The Morgan fingerprint density at radius 1 is 1.11 bits per heavy atom. The second-order valence-electron chi connectivity index (χ2n) is 7.35. The van der Waals surface area contributed by atoms with Crippen molar-refractivity contribution in [1.82, 2.24) is 24.4 Å². The van der Waals surface area contributed by atoms with Crippen LogP contribution in [0.1, 0.15) is 41.5 Å². The van der Waals surface area contributed by atoms with Crippen LogP contribution < -0.4 is 5.32 Å². The molecule has 2 aromatic rings. The highest BCUT2D eigenvalue weighted by Crippen LogP contribution is 2.32. The number of nitrogens with zero attached hydrogens (tertiary/aromatic N) is 4. The van der Waals surface area contributed by atoms with Gasteiger partial charge in [0.15, 0.2) is 0 Å². The van der Waals surface area contributed by atoms with Gasteiger partial charge in [0.2, 0.25) is 10.0 Å². The molecule has 2 aliphatic rings. The van der Waals surface area contributed by atoms with E-state index in [1.54, 1.807) is 13.8 Å². The van der Waals surface area contributed by atoms with Crippen molar-refractivity contribution in [1.29, 1.82) is 0 Å². The maximum absolute atomic E-state index is 13.6. The van der Waals surface area contributed by atoms with E-state index < -0.39 is 15.8 Å². The molecule has 0 atom stereocenters. The zero-order chi connectivity index (χ0) is 19.2. The van der Waals surface area contributed by atoms with Crippen LogP contribution in [0.3, 0.4) is 0 Å². The first-order valence-electron chi connectivity index (χ1n) is 9.27. The molecule has 0 saturated carbocycles. The Morgan fingerprint density at radius 3 is 2.39 bits per heavy atom.